The third-order valence-electron chi connectivity index (χ3n) is 2.95. The molecule has 1 N–H and O–H groups in total. The largest absolute Gasteiger partial charge is 0.378 e. The molecule has 0 saturated heterocycles. The van der Waals surface area contributed by atoms with Crippen molar-refractivity contribution in [3.05, 3.63) is 0 Å². The smallest absolute Gasteiger partial charge is 0.0587 e. The van der Waals surface area contributed by atoms with Crippen molar-refractivity contribution in [3.8, 4) is 0 Å². The Morgan fingerprint density at radius 2 is 1.62 bits per heavy atom. The van der Waals surface area contributed by atoms with Gasteiger partial charge in [-0.15, -0.1) is 0 Å². The molecule has 1 unspecified atom stereocenters. The zero-order valence-corrected chi connectivity index (χ0v) is 11.6. The minimum Gasteiger partial charge on any atom is -0.378 e. The summed E-state index contributed by atoms with van der Waals surface area (Å²) in [6.07, 6.45) is 10.6. The lowest BCUT2D eigenvalue weighted by atomic mass is 10.1. The van der Waals surface area contributed by atoms with E-state index in [0.29, 0.717) is 6.10 Å². The molecule has 0 amide bonds. The predicted octanol–water partition coefficient (Wildman–Crippen LogP) is 3.75. The average molecular weight is 229 g/mol. The van der Waals surface area contributed by atoms with Gasteiger partial charge in [0.1, 0.15) is 0 Å². The van der Waals surface area contributed by atoms with E-state index >= 15 is 0 Å². The fraction of sp³-hybridized carbons (Fsp3) is 1.00. The average Bonchev–Trinajstić information content (AvgIpc) is 2.31. The predicted molar refractivity (Wildman–Crippen MR) is 72.0 cm³/mol. The second-order valence-corrected chi connectivity index (χ2v) is 4.59. The Kier molecular flexibility index (Phi) is 12.9. The summed E-state index contributed by atoms with van der Waals surface area (Å²) in [5.74, 6) is 0. The van der Waals surface area contributed by atoms with E-state index in [2.05, 4.69) is 19.2 Å². The molecule has 0 saturated carbocycles. The number of unbranched alkanes of at least 4 members (excludes halogenated alkanes) is 4. The summed E-state index contributed by atoms with van der Waals surface area (Å²) >= 11 is 0. The van der Waals surface area contributed by atoms with Gasteiger partial charge in [0.15, 0.2) is 0 Å². The molecular weight excluding hydrogens is 198 g/mol. The van der Waals surface area contributed by atoms with E-state index in [9.17, 15) is 0 Å². The summed E-state index contributed by atoms with van der Waals surface area (Å²) in [7, 11) is 2.01. The molecule has 16 heavy (non-hydrogen) atoms. The van der Waals surface area contributed by atoms with Crippen LogP contribution in [0.2, 0.25) is 0 Å². The highest BCUT2D eigenvalue weighted by Gasteiger charge is 2.07. The van der Waals surface area contributed by atoms with Crippen molar-refractivity contribution in [1.29, 1.82) is 0 Å². The molecule has 0 radical (unpaired) electrons. The van der Waals surface area contributed by atoms with Gasteiger partial charge in [-0.05, 0) is 32.9 Å². The van der Waals surface area contributed by atoms with E-state index in [0.717, 1.165) is 19.6 Å². The van der Waals surface area contributed by atoms with Gasteiger partial charge >= 0.3 is 0 Å². The lowest BCUT2D eigenvalue weighted by Gasteiger charge is -2.17. The van der Waals surface area contributed by atoms with Crippen LogP contribution < -0.4 is 5.32 Å². The normalized spacial score (nSPS) is 12.9. The first-order valence-electron chi connectivity index (χ1n) is 7.11. The molecule has 0 aromatic rings. The lowest BCUT2D eigenvalue weighted by Crippen LogP contribution is -2.20. The van der Waals surface area contributed by atoms with Gasteiger partial charge in [0.05, 0.1) is 6.10 Å². The van der Waals surface area contributed by atoms with Crippen LogP contribution in [-0.2, 0) is 4.74 Å². The Hall–Kier alpha value is -0.0800. The summed E-state index contributed by atoms with van der Waals surface area (Å²) in [5.41, 5.74) is 0. The van der Waals surface area contributed by atoms with Crippen LogP contribution in [0.15, 0.2) is 0 Å². The summed E-state index contributed by atoms with van der Waals surface area (Å²) in [5, 5.41) is 3.21. The fourth-order valence-electron chi connectivity index (χ4n) is 1.84. The fourth-order valence-corrected chi connectivity index (χ4v) is 1.84. The zero-order chi connectivity index (χ0) is 12.1. The third-order valence-corrected chi connectivity index (χ3v) is 2.95. The molecule has 0 aliphatic rings. The van der Waals surface area contributed by atoms with Gasteiger partial charge < -0.3 is 10.1 Å². The molecule has 98 valence electrons. The topological polar surface area (TPSA) is 21.3 Å². The Morgan fingerprint density at radius 3 is 2.25 bits per heavy atom. The molecule has 2 heteroatoms. The maximum atomic E-state index is 5.95. The van der Waals surface area contributed by atoms with Gasteiger partial charge in [-0.25, -0.2) is 0 Å². The van der Waals surface area contributed by atoms with E-state index in [4.69, 9.17) is 4.74 Å². The first-order valence-corrected chi connectivity index (χ1v) is 7.11. The van der Waals surface area contributed by atoms with Crippen LogP contribution in [0.1, 0.15) is 65.2 Å². The Labute approximate surface area is 102 Å². The van der Waals surface area contributed by atoms with Crippen LogP contribution in [0.4, 0.5) is 0 Å². The van der Waals surface area contributed by atoms with Gasteiger partial charge in [0, 0.05) is 6.61 Å². The molecule has 1 atom stereocenters. The third kappa shape index (κ3) is 10.4. The van der Waals surface area contributed by atoms with Gasteiger partial charge in [-0.2, -0.15) is 0 Å². The maximum absolute atomic E-state index is 5.95. The maximum Gasteiger partial charge on any atom is 0.0587 e. The Bertz CT molecular complexity index is 128. The van der Waals surface area contributed by atoms with E-state index < -0.39 is 0 Å². The first-order chi connectivity index (χ1) is 7.85. The molecule has 0 spiro atoms. The number of hydrogen-bond acceptors (Lipinski definition) is 2. The van der Waals surface area contributed by atoms with E-state index in [1.54, 1.807) is 0 Å². The number of nitrogens with one attached hydrogen (secondary N) is 1. The summed E-state index contributed by atoms with van der Waals surface area (Å²) < 4.78 is 5.95. The van der Waals surface area contributed by atoms with E-state index in [1.807, 2.05) is 7.05 Å². The van der Waals surface area contributed by atoms with Crippen molar-refractivity contribution in [1.82, 2.24) is 5.32 Å². The van der Waals surface area contributed by atoms with Crippen LogP contribution in [0.5, 0.6) is 0 Å². The molecule has 0 aliphatic carbocycles. The quantitative estimate of drug-likeness (QED) is 0.515. The molecule has 0 aromatic carbocycles. The molecule has 2 nitrogen and oxygen atoms in total. The zero-order valence-electron chi connectivity index (χ0n) is 11.6. The highest BCUT2D eigenvalue weighted by molar-refractivity contribution is 4.60. The van der Waals surface area contributed by atoms with Gasteiger partial charge in [0.25, 0.3) is 0 Å². The van der Waals surface area contributed by atoms with Crippen LogP contribution in [0.3, 0.4) is 0 Å². The summed E-state index contributed by atoms with van der Waals surface area (Å²) in [4.78, 5) is 0. The van der Waals surface area contributed by atoms with Crippen LogP contribution in [0.25, 0.3) is 0 Å². The van der Waals surface area contributed by atoms with Crippen molar-refractivity contribution in [2.75, 3.05) is 20.2 Å². The van der Waals surface area contributed by atoms with Crippen LogP contribution in [0, 0.1) is 0 Å². The summed E-state index contributed by atoms with van der Waals surface area (Å²) in [6.45, 7) is 6.52. The van der Waals surface area contributed by atoms with Crippen molar-refractivity contribution in [2.24, 2.45) is 0 Å². The minimum absolute atomic E-state index is 0.482. The highest BCUT2D eigenvalue weighted by atomic mass is 16.5. The second kappa shape index (κ2) is 13.0. The van der Waals surface area contributed by atoms with Gasteiger partial charge in [-0.1, -0.05) is 46.0 Å². The first kappa shape index (κ1) is 15.9. The molecule has 0 aromatic heterocycles. The SMILES string of the molecule is CCCCCOC(CCCCC)CCNC. The summed E-state index contributed by atoms with van der Waals surface area (Å²) in [6, 6.07) is 0. The van der Waals surface area contributed by atoms with E-state index in [-0.39, 0.29) is 0 Å². The van der Waals surface area contributed by atoms with Crippen molar-refractivity contribution in [2.45, 2.75) is 71.3 Å². The van der Waals surface area contributed by atoms with Crippen LogP contribution >= 0.6 is 0 Å². The Morgan fingerprint density at radius 1 is 0.938 bits per heavy atom. The molecule has 0 bridgehead atoms. The molecule has 0 fully saturated rings. The van der Waals surface area contributed by atoms with Crippen molar-refractivity contribution in [3.63, 3.8) is 0 Å². The van der Waals surface area contributed by atoms with Crippen LogP contribution in [-0.4, -0.2) is 26.3 Å². The van der Waals surface area contributed by atoms with Crippen molar-refractivity contribution >= 4 is 0 Å². The minimum atomic E-state index is 0.482. The highest BCUT2D eigenvalue weighted by Crippen LogP contribution is 2.11. The molecule has 0 heterocycles. The van der Waals surface area contributed by atoms with E-state index in [1.165, 1.54) is 44.9 Å². The second-order valence-electron chi connectivity index (χ2n) is 4.59. The molecular formula is C14H31NO. The monoisotopic (exact) mass is 229 g/mol. The Balaban J connectivity index is 3.54. The standard InChI is InChI=1S/C14H31NO/c1-4-6-8-10-14(11-12-15-3)16-13-9-7-5-2/h14-15H,4-13H2,1-3H3. The molecule has 0 aliphatic heterocycles. The lowest BCUT2D eigenvalue weighted by molar-refractivity contribution is 0.0382. The van der Waals surface area contributed by atoms with Gasteiger partial charge in [0.2, 0.25) is 0 Å². The number of ether oxygens (including phenoxy) is 1. The van der Waals surface area contributed by atoms with Crippen molar-refractivity contribution < 1.29 is 4.74 Å². The van der Waals surface area contributed by atoms with Gasteiger partial charge in [-0.3, -0.25) is 0 Å². The number of rotatable bonds is 12. The number of hydrogen-bond donors (Lipinski definition) is 1. The molecule has 0 rings (SSSR count).